The summed E-state index contributed by atoms with van der Waals surface area (Å²) in [5, 5.41) is 0. The van der Waals surface area contributed by atoms with Crippen LogP contribution in [0, 0.1) is 11.6 Å². The predicted molar refractivity (Wildman–Crippen MR) is 74.6 cm³/mol. The first kappa shape index (κ1) is 14.2. The van der Waals surface area contributed by atoms with Crippen molar-refractivity contribution in [1.29, 1.82) is 0 Å². The molecule has 0 fully saturated rings. The second-order valence-corrected chi connectivity index (χ2v) is 5.91. The van der Waals surface area contributed by atoms with Gasteiger partial charge in [0, 0.05) is 19.8 Å². The van der Waals surface area contributed by atoms with E-state index in [9.17, 15) is 13.6 Å². The largest absolute Gasteiger partial charge is 0.294 e. The van der Waals surface area contributed by atoms with Crippen molar-refractivity contribution in [2.75, 3.05) is 0 Å². The number of rotatable bonds is 3. The molecule has 0 aliphatic carbocycles. The van der Waals surface area contributed by atoms with E-state index in [4.69, 9.17) is 0 Å². The number of halogens is 3. The van der Waals surface area contributed by atoms with E-state index in [2.05, 4.69) is 15.9 Å². The van der Waals surface area contributed by atoms with Crippen LogP contribution >= 0.6 is 27.7 Å². The van der Waals surface area contributed by atoms with Crippen molar-refractivity contribution in [2.45, 2.75) is 16.7 Å². The van der Waals surface area contributed by atoms with Gasteiger partial charge in [-0.05, 0) is 43.3 Å². The number of ketones is 1. The maximum atomic E-state index is 13.2. The lowest BCUT2D eigenvalue weighted by molar-refractivity contribution is 0.101. The van der Waals surface area contributed by atoms with Crippen molar-refractivity contribution < 1.29 is 13.6 Å². The van der Waals surface area contributed by atoms with Crippen LogP contribution in [-0.4, -0.2) is 5.78 Å². The highest BCUT2D eigenvalue weighted by Gasteiger charge is 2.11. The maximum absolute atomic E-state index is 13.2. The molecule has 0 heterocycles. The molecule has 1 nitrogen and oxygen atoms in total. The predicted octanol–water partition coefficient (Wildman–Crippen LogP) is 5.08. The smallest absolute Gasteiger partial charge is 0.160 e. The Balaban J connectivity index is 2.39. The second-order valence-electron chi connectivity index (χ2n) is 3.87. The zero-order chi connectivity index (χ0) is 14.0. The molecule has 2 rings (SSSR count). The third-order valence-electron chi connectivity index (χ3n) is 2.44. The Hall–Kier alpha value is -1.20. The molecule has 19 heavy (non-hydrogen) atoms. The second kappa shape index (κ2) is 5.84. The van der Waals surface area contributed by atoms with E-state index >= 15 is 0 Å². The van der Waals surface area contributed by atoms with Crippen LogP contribution in [0.3, 0.4) is 0 Å². The summed E-state index contributed by atoms with van der Waals surface area (Å²) in [7, 11) is 0. The van der Waals surface area contributed by atoms with E-state index < -0.39 is 11.6 Å². The minimum absolute atomic E-state index is 0.0717. The van der Waals surface area contributed by atoms with Crippen LogP contribution in [0.5, 0.6) is 0 Å². The number of carbonyl (C=O) groups is 1. The number of hydrogen-bond donors (Lipinski definition) is 0. The van der Waals surface area contributed by atoms with E-state index in [0.717, 1.165) is 16.6 Å². The van der Waals surface area contributed by atoms with E-state index in [1.807, 2.05) is 0 Å². The van der Waals surface area contributed by atoms with Crippen molar-refractivity contribution in [3.05, 3.63) is 58.1 Å². The van der Waals surface area contributed by atoms with Gasteiger partial charge in [0.2, 0.25) is 0 Å². The van der Waals surface area contributed by atoms with Gasteiger partial charge in [-0.25, -0.2) is 8.78 Å². The Bertz CT molecular complexity index is 643. The molecule has 0 saturated heterocycles. The maximum Gasteiger partial charge on any atom is 0.160 e. The average Bonchev–Trinajstić information content (AvgIpc) is 2.33. The number of Topliss-reactive ketones (excluding diaryl/α,β-unsaturated/α-hetero) is 1. The summed E-state index contributed by atoms with van der Waals surface area (Å²) in [6.45, 7) is 1.47. The van der Waals surface area contributed by atoms with Gasteiger partial charge in [-0.3, -0.25) is 4.79 Å². The molecule has 2 aromatic rings. The van der Waals surface area contributed by atoms with Crippen molar-refractivity contribution in [2.24, 2.45) is 0 Å². The highest BCUT2D eigenvalue weighted by molar-refractivity contribution is 9.10. The molecule has 0 aliphatic rings. The molecule has 0 aliphatic heterocycles. The minimum atomic E-state index is -0.899. The van der Waals surface area contributed by atoms with Crippen molar-refractivity contribution >= 4 is 33.5 Å². The fourth-order valence-electron chi connectivity index (χ4n) is 1.54. The van der Waals surface area contributed by atoms with Gasteiger partial charge >= 0.3 is 0 Å². The minimum Gasteiger partial charge on any atom is -0.294 e. The molecule has 0 bridgehead atoms. The summed E-state index contributed by atoms with van der Waals surface area (Å²) in [6.07, 6.45) is 0. The highest BCUT2D eigenvalue weighted by Crippen LogP contribution is 2.33. The molecular formula is C14H9BrF2OS. The molecule has 0 unspecified atom stereocenters. The first-order valence-corrected chi connectivity index (χ1v) is 7.01. The monoisotopic (exact) mass is 342 g/mol. The van der Waals surface area contributed by atoms with E-state index in [1.54, 1.807) is 18.2 Å². The van der Waals surface area contributed by atoms with E-state index in [1.165, 1.54) is 24.8 Å². The van der Waals surface area contributed by atoms with Crippen LogP contribution in [0.15, 0.2) is 50.7 Å². The molecule has 0 N–H and O–H groups in total. The first-order valence-electron chi connectivity index (χ1n) is 5.41. The molecular weight excluding hydrogens is 334 g/mol. The fourth-order valence-corrected chi connectivity index (χ4v) is 3.11. The Morgan fingerprint density at radius 1 is 1.11 bits per heavy atom. The van der Waals surface area contributed by atoms with Gasteiger partial charge in [-0.1, -0.05) is 27.7 Å². The van der Waals surface area contributed by atoms with Crippen molar-refractivity contribution in [1.82, 2.24) is 0 Å². The molecule has 0 radical (unpaired) electrons. The van der Waals surface area contributed by atoms with Gasteiger partial charge in [0.1, 0.15) is 0 Å². The van der Waals surface area contributed by atoms with E-state index in [-0.39, 0.29) is 5.78 Å². The third kappa shape index (κ3) is 3.42. The van der Waals surface area contributed by atoms with Gasteiger partial charge in [0.15, 0.2) is 17.4 Å². The molecule has 0 aromatic heterocycles. The van der Waals surface area contributed by atoms with E-state index in [0.29, 0.717) is 15.4 Å². The Kier molecular flexibility index (Phi) is 4.37. The summed E-state index contributed by atoms with van der Waals surface area (Å²) < 4.78 is 26.8. The van der Waals surface area contributed by atoms with Gasteiger partial charge < -0.3 is 0 Å². The van der Waals surface area contributed by atoms with Gasteiger partial charge in [-0.2, -0.15) is 0 Å². The van der Waals surface area contributed by atoms with Gasteiger partial charge in [0.05, 0.1) is 0 Å². The summed E-state index contributed by atoms with van der Waals surface area (Å²) in [5.41, 5.74) is 0.554. The molecule has 0 atom stereocenters. The third-order valence-corrected chi connectivity index (χ3v) is 3.98. The average molecular weight is 343 g/mol. The molecule has 98 valence electrons. The number of hydrogen-bond acceptors (Lipinski definition) is 2. The summed E-state index contributed by atoms with van der Waals surface area (Å²) >= 11 is 4.55. The summed E-state index contributed by atoms with van der Waals surface area (Å²) in [4.78, 5) is 12.8. The lowest BCUT2D eigenvalue weighted by Gasteiger charge is -2.07. The lowest BCUT2D eigenvalue weighted by Crippen LogP contribution is -1.95. The van der Waals surface area contributed by atoms with Crippen LogP contribution in [-0.2, 0) is 0 Å². The standard InChI is InChI=1S/C14H9BrF2OS/c1-8(18)11-4-2-9(15)6-14(11)19-10-3-5-12(16)13(17)7-10/h2-7H,1H3. The van der Waals surface area contributed by atoms with Gasteiger partial charge in [0.25, 0.3) is 0 Å². The van der Waals surface area contributed by atoms with Crippen molar-refractivity contribution in [3.8, 4) is 0 Å². The topological polar surface area (TPSA) is 17.1 Å². The number of benzene rings is 2. The molecule has 5 heteroatoms. The Labute approximate surface area is 122 Å². The van der Waals surface area contributed by atoms with Crippen LogP contribution in [0.25, 0.3) is 0 Å². The summed E-state index contributed by atoms with van der Waals surface area (Å²) in [6, 6.07) is 8.92. The van der Waals surface area contributed by atoms with Crippen molar-refractivity contribution in [3.63, 3.8) is 0 Å². The van der Waals surface area contributed by atoms with Crippen LogP contribution in [0.1, 0.15) is 17.3 Å². The number of carbonyl (C=O) groups excluding carboxylic acids is 1. The molecule has 0 spiro atoms. The zero-order valence-electron chi connectivity index (χ0n) is 9.91. The normalized spacial score (nSPS) is 10.5. The Morgan fingerprint density at radius 2 is 1.84 bits per heavy atom. The van der Waals surface area contributed by atoms with Crippen LogP contribution in [0.4, 0.5) is 8.78 Å². The molecule has 2 aromatic carbocycles. The quantitative estimate of drug-likeness (QED) is 0.723. The Morgan fingerprint density at radius 3 is 2.47 bits per heavy atom. The first-order chi connectivity index (χ1) is 8.97. The van der Waals surface area contributed by atoms with Crippen LogP contribution < -0.4 is 0 Å². The lowest BCUT2D eigenvalue weighted by atomic mass is 10.1. The summed E-state index contributed by atoms with van der Waals surface area (Å²) in [5.74, 6) is -1.85. The SMILES string of the molecule is CC(=O)c1ccc(Br)cc1Sc1ccc(F)c(F)c1. The highest BCUT2D eigenvalue weighted by atomic mass is 79.9. The van der Waals surface area contributed by atoms with Gasteiger partial charge in [-0.15, -0.1) is 0 Å². The fraction of sp³-hybridized carbons (Fsp3) is 0.0714. The molecule has 0 amide bonds. The molecule has 0 saturated carbocycles. The van der Waals surface area contributed by atoms with Crippen LogP contribution in [0.2, 0.25) is 0 Å². The zero-order valence-corrected chi connectivity index (χ0v) is 12.3.